The monoisotopic (exact) mass is 310 g/mol. The Bertz CT molecular complexity index is 553. The molecular formula is C16H26N2O2S. The maximum absolute atomic E-state index is 12.2. The third-order valence-corrected chi connectivity index (χ3v) is 5.25. The van der Waals surface area contributed by atoms with E-state index >= 15 is 0 Å². The van der Waals surface area contributed by atoms with Crippen LogP contribution in [0.15, 0.2) is 24.3 Å². The third-order valence-electron chi connectivity index (χ3n) is 3.86. The van der Waals surface area contributed by atoms with Crippen LogP contribution in [0.2, 0.25) is 0 Å². The van der Waals surface area contributed by atoms with Gasteiger partial charge < -0.3 is 5.32 Å². The standard InChI is InChI=1S/C16H26N2O2S/c1-16(2,3)13-7-9-14(10-8-13)18-21(19,20)12-15-6-4-5-11-17-15/h7-10,15,17-18H,4-6,11-12H2,1-3H3. The van der Waals surface area contributed by atoms with Crippen molar-refractivity contribution in [2.45, 2.75) is 51.5 Å². The molecule has 1 aliphatic heterocycles. The normalized spacial score (nSPS) is 20.2. The Morgan fingerprint density at radius 1 is 1.19 bits per heavy atom. The number of hydrogen-bond donors (Lipinski definition) is 2. The van der Waals surface area contributed by atoms with Crippen molar-refractivity contribution in [3.8, 4) is 0 Å². The fourth-order valence-corrected chi connectivity index (χ4v) is 3.98. The molecule has 0 aliphatic carbocycles. The van der Waals surface area contributed by atoms with Crippen LogP contribution >= 0.6 is 0 Å². The Balaban J connectivity index is 1.99. The van der Waals surface area contributed by atoms with E-state index in [0.29, 0.717) is 5.69 Å². The van der Waals surface area contributed by atoms with E-state index in [4.69, 9.17) is 0 Å². The zero-order valence-electron chi connectivity index (χ0n) is 13.1. The van der Waals surface area contributed by atoms with E-state index in [1.807, 2.05) is 24.3 Å². The average Bonchev–Trinajstić information content (AvgIpc) is 2.38. The Labute approximate surface area is 128 Å². The Hall–Kier alpha value is -1.07. The highest BCUT2D eigenvalue weighted by Gasteiger charge is 2.21. The molecule has 4 nitrogen and oxygen atoms in total. The van der Waals surface area contributed by atoms with Crippen LogP contribution in [0.5, 0.6) is 0 Å². The summed E-state index contributed by atoms with van der Waals surface area (Å²) in [6.07, 6.45) is 3.18. The smallest absolute Gasteiger partial charge is 0.234 e. The molecular weight excluding hydrogens is 284 g/mol. The number of nitrogens with one attached hydrogen (secondary N) is 2. The number of hydrogen-bond acceptors (Lipinski definition) is 3. The molecule has 1 aliphatic rings. The number of rotatable bonds is 4. The minimum absolute atomic E-state index is 0.0728. The summed E-state index contributed by atoms with van der Waals surface area (Å²) in [5.74, 6) is 0.147. The van der Waals surface area contributed by atoms with Gasteiger partial charge in [0.05, 0.1) is 5.75 Å². The minimum Gasteiger partial charge on any atom is -0.313 e. The van der Waals surface area contributed by atoms with Crippen molar-refractivity contribution in [3.63, 3.8) is 0 Å². The van der Waals surface area contributed by atoms with E-state index in [1.165, 1.54) is 5.56 Å². The van der Waals surface area contributed by atoms with E-state index in [9.17, 15) is 8.42 Å². The molecule has 1 aromatic rings. The van der Waals surface area contributed by atoms with Gasteiger partial charge >= 0.3 is 0 Å². The number of sulfonamides is 1. The summed E-state index contributed by atoms with van der Waals surface area (Å²) in [7, 11) is -3.30. The summed E-state index contributed by atoms with van der Waals surface area (Å²) in [4.78, 5) is 0. The molecule has 0 radical (unpaired) electrons. The van der Waals surface area contributed by atoms with Crippen molar-refractivity contribution in [2.24, 2.45) is 0 Å². The van der Waals surface area contributed by atoms with Crippen LogP contribution in [0.4, 0.5) is 5.69 Å². The number of piperidine rings is 1. The highest BCUT2D eigenvalue weighted by molar-refractivity contribution is 7.92. The first-order valence-corrected chi connectivity index (χ1v) is 9.26. The zero-order valence-corrected chi connectivity index (χ0v) is 14.0. The van der Waals surface area contributed by atoms with E-state index < -0.39 is 10.0 Å². The molecule has 0 amide bonds. The molecule has 0 aromatic heterocycles. The Kier molecular flexibility index (Phi) is 4.94. The molecule has 1 unspecified atom stereocenters. The zero-order chi connectivity index (χ0) is 15.5. The molecule has 1 heterocycles. The van der Waals surface area contributed by atoms with Gasteiger partial charge in [-0.25, -0.2) is 8.42 Å². The van der Waals surface area contributed by atoms with Gasteiger partial charge in [-0.15, -0.1) is 0 Å². The minimum atomic E-state index is -3.30. The summed E-state index contributed by atoms with van der Waals surface area (Å²) in [5, 5.41) is 3.27. The SMILES string of the molecule is CC(C)(C)c1ccc(NS(=O)(=O)CC2CCCCN2)cc1. The van der Waals surface area contributed by atoms with Gasteiger partial charge in [-0.05, 0) is 42.5 Å². The lowest BCUT2D eigenvalue weighted by atomic mass is 9.87. The Morgan fingerprint density at radius 2 is 1.86 bits per heavy atom. The quantitative estimate of drug-likeness (QED) is 0.899. The molecule has 1 aromatic carbocycles. The maximum atomic E-state index is 12.2. The molecule has 0 saturated carbocycles. The lowest BCUT2D eigenvalue weighted by Gasteiger charge is -2.23. The third kappa shape index (κ3) is 5.00. The van der Waals surface area contributed by atoms with Crippen molar-refractivity contribution < 1.29 is 8.42 Å². The van der Waals surface area contributed by atoms with Crippen LogP contribution in [-0.2, 0) is 15.4 Å². The van der Waals surface area contributed by atoms with Crippen molar-refractivity contribution in [3.05, 3.63) is 29.8 Å². The lowest BCUT2D eigenvalue weighted by molar-refractivity contribution is 0.424. The van der Waals surface area contributed by atoms with E-state index in [-0.39, 0.29) is 17.2 Å². The Morgan fingerprint density at radius 3 is 2.38 bits per heavy atom. The van der Waals surface area contributed by atoms with Crippen molar-refractivity contribution in [2.75, 3.05) is 17.0 Å². The van der Waals surface area contributed by atoms with Crippen LogP contribution < -0.4 is 10.0 Å². The van der Waals surface area contributed by atoms with Crippen LogP contribution in [0.25, 0.3) is 0 Å². The fourth-order valence-electron chi connectivity index (χ4n) is 2.59. The highest BCUT2D eigenvalue weighted by atomic mass is 32.2. The first kappa shape index (κ1) is 16.3. The molecule has 21 heavy (non-hydrogen) atoms. The first-order chi connectivity index (χ1) is 9.76. The lowest BCUT2D eigenvalue weighted by Crippen LogP contribution is -2.40. The fraction of sp³-hybridized carbons (Fsp3) is 0.625. The predicted molar refractivity (Wildman–Crippen MR) is 88.2 cm³/mol. The van der Waals surface area contributed by atoms with Gasteiger partial charge in [-0.1, -0.05) is 39.3 Å². The number of benzene rings is 1. The maximum Gasteiger partial charge on any atom is 0.234 e. The van der Waals surface area contributed by atoms with Gasteiger partial charge in [0.1, 0.15) is 0 Å². The van der Waals surface area contributed by atoms with Crippen LogP contribution in [0.3, 0.4) is 0 Å². The van der Waals surface area contributed by atoms with Crippen molar-refractivity contribution in [1.29, 1.82) is 0 Å². The predicted octanol–water partition coefficient (Wildman–Crippen LogP) is 2.87. The average molecular weight is 310 g/mol. The summed E-state index contributed by atoms with van der Waals surface area (Å²) in [5.41, 5.74) is 1.90. The van der Waals surface area contributed by atoms with Crippen LogP contribution in [0, 0.1) is 0 Å². The van der Waals surface area contributed by atoms with E-state index in [0.717, 1.165) is 25.8 Å². The highest BCUT2D eigenvalue weighted by Crippen LogP contribution is 2.24. The van der Waals surface area contributed by atoms with Gasteiger partial charge in [0.2, 0.25) is 10.0 Å². The van der Waals surface area contributed by atoms with Gasteiger partial charge in [0, 0.05) is 11.7 Å². The molecule has 5 heteroatoms. The summed E-state index contributed by atoms with van der Waals surface area (Å²) >= 11 is 0. The second kappa shape index (κ2) is 6.36. The van der Waals surface area contributed by atoms with Gasteiger partial charge in [0.15, 0.2) is 0 Å². The van der Waals surface area contributed by atoms with Gasteiger partial charge in [-0.2, -0.15) is 0 Å². The molecule has 0 spiro atoms. The first-order valence-electron chi connectivity index (χ1n) is 7.61. The molecule has 2 rings (SSSR count). The number of anilines is 1. The molecule has 1 atom stereocenters. The largest absolute Gasteiger partial charge is 0.313 e. The summed E-state index contributed by atoms with van der Waals surface area (Å²) in [6, 6.07) is 7.72. The van der Waals surface area contributed by atoms with Crippen molar-refractivity contribution >= 4 is 15.7 Å². The molecule has 0 bridgehead atoms. The van der Waals surface area contributed by atoms with E-state index in [1.54, 1.807) is 0 Å². The molecule has 2 N–H and O–H groups in total. The topological polar surface area (TPSA) is 58.2 Å². The summed E-state index contributed by atoms with van der Waals surface area (Å²) < 4.78 is 27.1. The second-order valence-electron chi connectivity index (χ2n) is 6.86. The molecule has 1 saturated heterocycles. The van der Waals surface area contributed by atoms with Gasteiger partial charge in [-0.3, -0.25) is 4.72 Å². The summed E-state index contributed by atoms with van der Waals surface area (Å²) in [6.45, 7) is 7.34. The van der Waals surface area contributed by atoms with E-state index in [2.05, 4.69) is 30.8 Å². The van der Waals surface area contributed by atoms with Crippen molar-refractivity contribution in [1.82, 2.24) is 5.32 Å². The van der Waals surface area contributed by atoms with Crippen LogP contribution in [-0.4, -0.2) is 26.8 Å². The molecule has 118 valence electrons. The second-order valence-corrected chi connectivity index (χ2v) is 8.62. The van der Waals surface area contributed by atoms with Gasteiger partial charge in [0.25, 0.3) is 0 Å². The molecule has 1 fully saturated rings. The van der Waals surface area contributed by atoms with Crippen LogP contribution in [0.1, 0.15) is 45.6 Å².